The summed E-state index contributed by atoms with van der Waals surface area (Å²) in [6.07, 6.45) is 7.71. The summed E-state index contributed by atoms with van der Waals surface area (Å²) in [6, 6.07) is 6.28. The van der Waals surface area contributed by atoms with Crippen LogP contribution < -0.4 is 4.74 Å². The molecule has 0 aliphatic heterocycles. The fraction of sp³-hybridized carbons (Fsp3) is 0.625. The van der Waals surface area contributed by atoms with Crippen molar-refractivity contribution in [3.05, 3.63) is 28.2 Å². The zero-order valence-electron chi connectivity index (χ0n) is 11.3. The molecule has 1 spiro atoms. The SMILES string of the molecule is Cc1ccc(OC2CC(Cl)C23CCCCC3)c(Br)c1. The van der Waals surface area contributed by atoms with Crippen LogP contribution in [0.1, 0.15) is 44.1 Å². The Bertz CT molecular complexity index is 468. The number of alkyl halides is 1. The van der Waals surface area contributed by atoms with E-state index in [1.54, 1.807) is 0 Å². The van der Waals surface area contributed by atoms with Gasteiger partial charge in [-0.3, -0.25) is 0 Å². The Morgan fingerprint density at radius 1 is 1.26 bits per heavy atom. The normalized spacial score (nSPS) is 29.0. The summed E-state index contributed by atoms with van der Waals surface area (Å²) in [5.41, 5.74) is 1.49. The van der Waals surface area contributed by atoms with Crippen molar-refractivity contribution in [2.75, 3.05) is 0 Å². The van der Waals surface area contributed by atoms with Crippen LogP contribution in [-0.2, 0) is 0 Å². The summed E-state index contributed by atoms with van der Waals surface area (Å²) >= 11 is 10.1. The summed E-state index contributed by atoms with van der Waals surface area (Å²) in [7, 11) is 0. The van der Waals surface area contributed by atoms with E-state index in [4.69, 9.17) is 16.3 Å². The molecule has 2 unspecified atom stereocenters. The first kappa shape index (κ1) is 13.8. The Kier molecular flexibility index (Phi) is 3.83. The van der Waals surface area contributed by atoms with Crippen LogP contribution in [0.5, 0.6) is 5.75 Å². The first-order chi connectivity index (χ1) is 9.12. The van der Waals surface area contributed by atoms with E-state index in [0.717, 1.165) is 16.6 Å². The maximum absolute atomic E-state index is 6.52. The number of hydrogen-bond donors (Lipinski definition) is 0. The van der Waals surface area contributed by atoms with Crippen molar-refractivity contribution in [2.45, 2.75) is 56.9 Å². The van der Waals surface area contributed by atoms with Crippen LogP contribution in [0.2, 0.25) is 0 Å². The monoisotopic (exact) mass is 342 g/mol. The number of rotatable bonds is 2. The molecular formula is C16H20BrClO. The molecule has 0 heterocycles. The molecule has 3 heteroatoms. The van der Waals surface area contributed by atoms with Gasteiger partial charge in [-0.1, -0.05) is 25.3 Å². The van der Waals surface area contributed by atoms with Gasteiger partial charge >= 0.3 is 0 Å². The lowest BCUT2D eigenvalue weighted by Crippen LogP contribution is -2.58. The van der Waals surface area contributed by atoms with E-state index < -0.39 is 0 Å². The molecule has 0 amide bonds. The van der Waals surface area contributed by atoms with Crippen molar-refractivity contribution < 1.29 is 4.74 Å². The second-order valence-corrected chi connectivity index (χ2v) is 7.42. The molecule has 2 aliphatic rings. The molecule has 3 rings (SSSR count). The maximum atomic E-state index is 6.52. The highest BCUT2D eigenvalue weighted by molar-refractivity contribution is 9.10. The smallest absolute Gasteiger partial charge is 0.133 e. The average Bonchev–Trinajstić information content (AvgIpc) is 2.42. The van der Waals surface area contributed by atoms with Crippen molar-refractivity contribution in [3.63, 3.8) is 0 Å². The van der Waals surface area contributed by atoms with Crippen molar-refractivity contribution in [1.29, 1.82) is 0 Å². The largest absolute Gasteiger partial charge is 0.489 e. The molecule has 0 N–H and O–H groups in total. The third-order valence-electron chi connectivity index (χ3n) is 4.83. The number of hydrogen-bond acceptors (Lipinski definition) is 1. The predicted molar refractivity (Wildman–Crippen MR) is 83.1 cm³/mol. The lowest BCUT2D eigenvalue weighted by Gasteiger charge is -2.55. The molecule has 1 nitrogen and oxygen atoms in total. The van der Waals surface area contributed by atoms with Crippen LogP contribution >= 0.6 is 27.5 Å². The van der Waals surface area contributed by atoms with Gasteiger partial charge in [0.15, 0.2) is 0 Å². The molecule has 1 aromatic rings. The fourth-order valence-electron chi connectivity index (χ4n) is 3.56. The van der Waals surface area contributed by atoms with E-state index in [-0.39, 0.29) is 5.41 Å². The first-order valence-electron chi connectivity index (χ1n) is 7.19. The Balaban J connectivity index is 1.76. The highest BCUT2D eigenvalue weighted by Gasteiger charge is 2.55. The zero-order chi connectivity index (χ0) is 13.5. The van der Waals surface area contributed by atoms with Gasteiger partial charge in [0.1, 0.15) is 11.9 Å². The minimum atomic E-state index is 0.240. The summed E-state index contributed by atoms with van der Waals surface area (Å²) < 4.78 is 7.32. The lowest BCUT2D eigenvalue weighted by molar-refractivity contribution is -0.0653. The standard InChI is InChI=1S/C16H20BrClO/c1-11-5-6-13(12(17)9-11)19-15-10-14(18)16(15)7-3-2-4-8-16/h5-6,9,14-15H,2-4,7-8,10H2,1H3. The minimum absolute atomic E-state index is 0.240. The molecule has 0 aromatic heterocycles. The van der Waals surface area contributed by atoms with E-state index in [2.05, 4.69) is 41.1 Å². The van der Waals surface area contributed by atoms with Gasteiger partial charge in [-0.25, -0.2) is 0 Å². The predicted octanol–water partition coefficient (Wildman–Crippen LogP) is 5.47. The topological polar surface area (TPSA) is 9.23 Å². The molecule has 2 atom stereocenters. The van der Waals surface area contributed by atoms with E-state index in [1.807, 2.05) is 0 Å². The maximum Gasteiger partial charge on any atom is 0.133 e. The van der Waals surface area contributed by atoms with Crippen molar-refractivity contribution in [3.8, 4) is 5.75 Å². The van der Waals surface area contributed by atoms with Crippen molar-refractivity contribution in [2.24, 2.45) is 5.41 Å². The second kappa shape index (κ2) is 5.29. The minimum Gasteiger partial charge on any atom is -0.489 e. The van der Waals surface area contributed by atoms with E-state index in [1.165, 1.54) is 37.7 Å². The number of aryl methyl sites for hydroxylation is 1. The van der Waals surface area contributed by atoms with Gasteiger partial charge in [0, 0.05) is 17.2 Å². The van der Waals surface area contributed by atoms with Gasteiger partial charge in [0.2, 0.25) is 0 Å². The Morgan fingerprint density at radius 2 is 2.00 bits per heavy atom. The zero-order valence-corrected chi connectivity index (χ0v) is 13.6. The van der Waals surface area contributed by atoms with E-state index in [0.29, 0.717) is 11.5 Å². The third-order valence-corrected chi connectivity index (χ3v) is 6.06. The first-order valence-corrected chi connectivity index (χ1v) is 8.42. The quantitative estimate of drug-likeness (QED) is 0.647. The lowest BCUT2D eigenvalue weighted by atomic mass is 9.58. The number of halogens is 2. The van der Waals surface area contributed by atoms with Gasteiger partial charge in [0.05, 0.1) is 4.47 Å². The molecular weight excluding hydrogens is 324 g/mol. The summed E-state index contributed by atoms with van der Waals surface area (Å²) in [4.78, 5) is 0. The molecule has 19 heavy (non-hydrogen) atoms. The summed E-state index contributed by atoms with van der Waals surface area (Å²) in [5, 5.41) is 0.307. The van der Waals surface area contributed by atoms with Crippen LogP contribution in [0.4, 0.5) is 0 Å². The molecule has 104 valence electrons. The second-order valence-electron chi connectivity index (χ2n) is 6.04. The Hall–Kier alpha value is -0.210. The van der Waals surface area contributed by atoms with Gasteiger partial charge in [-0.15, -0.1) is 11.6 Å². The fourth-order valence-corrected chi connectivity index (χ4v) is 4.67. The molecule has 0 bridgehead atoms. The number of ether oxygens (including phenoxy) is 1. The Morgan fingerprint density at radius 3 is 2.63 bits per heavy atom. The summed E-state index contributed by atoms with van der Waals surface area (Å²) in [6.45, 7) is 2.09. The Labute approximate surface area is 128 Å². The molecule has 1 aromatic carbocycles. The third kappa shape index (κ3) is 2.42. The van der Waals surface area contributed by atoms with Crippen LogP contribution in [0.3, 0.4) is 0 Å². The van der Waals surface area contributed by atoms with Crippen LogP contribution in [-0.4, -0.2) is 11.5 Å². The average molecular weight is 344 g/mol. The molecule has 2 saturated carbocycles. The van der Waals surface area contributed by atoms with Gasteiger partial charge in [0.25, 0.3) is 0 Å². The van der Waals surface area contributed by atoms with Crippen LogP contribution in [0, 0.1) is 12.3 Å². The highest BCUT2D eigenvalue weighted by Crippen LogP contribution is 2.56. The van der Waals surface area contributed by atoms with Crippen molar-refractivity contribution in [1.82, 2.24) is 0 Å². The molecule has 0 saturated heterocycles. The van der Waals surface area contributed by atoms with Crippen LogP contribution in [0.15, 0.2) is 22.7 Å². The van der Waals surface area contributed by atoms with Crippen molar-refractivity contribution >= 4 is 27.5 Å². The van der Waals surface area contributed by atoms with E-state index in [9.17, 15) is 0 Å². The number of benzene rings is 1. The molecule has 2 fully saturated rings. The van der Waals surface area contributed by atoms with Gasteiger partial charge in [-0.05, 0) is 53.4 Å². The summed E-state index contributed by atoms with van der Waals surface area (Å²) in [5.74, 6) is 0.962. The molecule has 0 radical (unpaired) electrons. The highest BCUT2D eigenvalue weighted by atomic mass is 79.9. The van der Waals surface area contributed by atoms with E-state index >= 15 is 0 Å². The molecule has 2 aliphatic carbocycles. The van der Waals surface area contributed by atoms with Crippen LogP contribution in [0.25, 0.3) is 0 Å². The van der Waals surface area contributed by atoms with Gasteiger partial charge < -0.3 is 4.74 Å². The van der Waals surface area contributed by atoms with Gasteiger partial charge in [-0.2, -0.15) is 0 Å².